The SMILES string of the molecule is Fc1c(-c2cc(Nc3ccc(C(F)(F)F)cc3)ncn2)ccc2cccnc12.O=S(=O)(O)c1ccccc1. The molecule has 7 nitrogen and oxygen atoms in total. The minimum Gasteiger partial charge on any atom is -0.340 e. The van der Waals surface area contributed by atoms with Gasteiger partial charge in [0.15, 0.2) is 5.82 Å². The zero-order chi connectivity index (χ0) is 27.3. The molecule has 0 saturated carbocycles. The highest BCUT2D eigenvalue weighted by atomic mass is 32.2. The first-order chi connectivity index (χ1) is 18.0. The summed E-state index contributed by atoms with van der Waals surface area (Å²) in [5.74, 6) is -0.178. The normalized spacial score (nSPS) is 11.5. The van der Waals surface area contributed by atoms with Crippen molar-refractivity contribution >= 4 is 32.5 Å². The summed E-state index contributed by atoms with van der Waals surface area (Å²) < 4.78 is 82.0. The van der Waals surface area contributed by atoms with E-state index < -0.39 is 27.7 Å². The summed E-state index contributed by atoms with van der Waals surface area (Å²) in [6.45, 7) is 0. The predicted octanol–water partition coefficient (Wildman–Crippen LogP) is 6.53. The number of hydrogen-bond acceptors (Lipinski definition) is 6. The van der Waals surface area contributed by atoms with Gasteiger partial charge in [-0.3, -0.25) is 9.54 Å². The van der Waals surface area contributed by atoms with E-state index in [1.54, 1.807) is 42.5 Å². The van der Waals surface area contributed by atoms with Crippen molar-refractivity contribution in [2.45, 2.75) is 11.1 Å². The Morgan fingerprint density at radius 2 is 1.53 bits per heavy atom. The molecule has 0 amide bonds. The van der Waals surface area contributed by atoms with Gasteiger partial charge in [-0.15, -0.1) is 0 Å². The van der Waals surface area contributed by atoms with E-state index in [-0.39, 0.29) is 16.0 Å². The molecular formula is C26H18F4N4O3S. The average molecular weight is 543 g/mol. The third kappa shape index (κ3) is 6.47. The first-order valence-electron chi connectivity index (χ1n) is 10.8. The van der Waals surface area contributed by atoms with Crippen molar-refractivity contribution in [2.24, 2.45) is 0 Å². The fourth-order valence-electron chi connectivity index (χ4n) is 3.36. The Balaban J connectivity index is 0.000000283. The van der Waals surface area contributed by atoms with Crippen LogP contribution >= 0.6 is 0 Å². The van der Waals surface area contributed by atoms with Gasteiger partial charge in [-0.1, -0.05) is 30.3 Å². The van der Waals surface area contributed by atoms with Crippen molar-refractivity contribution < 1.29 is 30.5 Å². The van der Waals surface area contributed by atoms with E-state index in [0.717, 1.165) is 12.1 Å². The number of halogens is 4. The maximum absolute atomic E-state index is 14.8. The van der Waals surface area contributed by atoms with Gasteiger partial charge in [0.2, 0.25) is 0 Å². The zero-order valence-corrected chi connectivity index (χ0v) is 20.1. The number of pyridine rings is 1. The Morgan fingerprint density at radius 1 is 0.816 bits per heavy atom. The fraction of sp³-hybridized carbons (Fsp3) is 0.0385. The Labute approximate surface area is 214 Å². The molecule has 0 aliphatic rings. The van der Waals surface area contributed by atoms with Gasteiger partial charge < -0.3 is 5.32 Å². The van der Waals surface area contributed by atoms with Crippen molar-refractivity contribution in [3.63, 3.8) is 0 Å². The maximum atomic E-state index is 14.8. The Morgan fingerprint density at radius 3 is 2.16 bits per heavy atom. The van der Waals surface area contributed by atoms with Gasteiger partial charge in [0, 0.05) is 28.9 Å². The summed E-state index contributed by atoms with van der Waals surface area (Å²) in [5.41, 5.74) is 0.486. The molecule has 12 heteroatoms. The van der Waals surface area contributed by atoms with Crippen molar-refractivity contribution in [3.8, 4) is 11.3 Å². The second kappa shape index (κ2) is 10.9. The average Bonchev–Trinajstić information content (AvgIpc) is 2.89. The zero-order valence-electron chi connectivity index (χ0n) is 19.3. The van der Waals surface area contributed by atoms with E-state index in [0.29, 0.717) is 22.6 Å². The number of nitrogens with one attached hydrogen (secondary N) is 1. The molecule has 3 aromatic carbocycles. The predicted molar refractivity (Wildman–Crippen MR) is 134 cm³/mol. The molecule has 0 spiro atoms. The molecule has 0 fully saturated rings. The molecule has 2 N–H and O–H groups in total. The standard InChI is InChI=1S/C20H12F4N4.C6H6O3S/c21-18-15(8-3-12-2-1-9-25-19(12)18)16-10-17(27-11-26-16)28-14-6-4-13(5-7-14)20(22,23)24;7-10(8,9)6-4-2-1-3-5-6/h1-11H,(H,26,27,28);1-5H,(H,7,8,9). The molecule has 5 rings (SSSR count). The lowest BCUT2D eigenvalue weighted by Crippen LogP contribution is -2.04. The molecule has 0 atom stereocenters. The van der Waals surface area contributed by atoms with Crippen molar-refractivity contribution in [1.29, 1.82) is 0 Å². The van der Waals surface area contributed by atoms with E-state index in [1.807, 2.05) is 0 Å². The molecule has 0 aliphatic carbocycles. The second-order valence-corrected chi connectivity index (χ2v) is 9.20. The first-order valence-corrected chi connectivity index (χ1v) is 12.3. The van der Waals surface area contributed by atoms with E-state index in [1.165, 1.54) is 42.9 Å². The Kier molecular flexibility index (Phi) is 7.65. The minimum atomic E-state index is -4.40. The molecule has 38 heavy (non-hydrogen) atoms. The highest BCUT2D eigenvalue weighted by molar-refractivity contribution is 7.85. The summed E-state index contributed by atoms with van der Waals surface area (Å²) in [5, 5.41) is 3.56. The van der Waals surface area contributed by atoms with Gasteiger partial charge in [0.25, 0.3) is 10.1 Å². The number of hydrogen-bond donors (Lipinski definition) is 2. The van der Waals surface area contributed by atoms with Crippen LogP contribution < -0.4 is 5.32 Å². The van der Waals surface area contributed by atoms with E-state index >= 15 is 0 Å². The van der Waals surface area contributed by atoms with E-state index in [4.69, 9.17) is 4.55 Å². The van der Waals surface area contributed by atoms with Crippen LogP contribution in [-0.4, -0.2) is 27.9 Å². The third-order valence-corrected chi connectivity index (χ3v) is 6.05. The number of alkyl halides is 3. The lowest BCUT2D eigenvalue weighted by atomic mass is 10.1. The number of aromatic nitrogens is 3. The molecule has 5 aromatic rings. The monoisotopic (exact) mass is 542 g/mol. The van der Waals surface area contributed by atoms with Crippen LogP contribution in [0.5, 0.6) is 0 Å². The summed E-state index contributed by atoms with van der Waals surface area (Å²) in [4.78, 5) is 12.1. The van der Waals surface area contributed by atoms with Crippen molar-refractivity contribution in [1.82, 2.24) is 15.0 Å². The Hall–Kier alpha value is -4.42. The minimum absolute atomic E-state index is 0.0741. The van der Waals surface area contributed by atoms with Crippen LogP contribution in [0.3, 0.4) is 0 Å². The van der Waals surface area contributed by atoms with Crippen LogP contribution in [-0.2, 0) is 16.3 Å². The first kappa shape index (κ1) is 26.6. The van der Waals surface area contributed by atoms with Gasteiger partial charge in [-0.25, -0.2) is 14.4 Å². The Bertz CT molecular complexity index is 1660. The van der Waals surface area contributed by atoms with Crippen LogP contribution in [0.25, 0.3) is 22.2 Å². The quantitative estimate of drug-likeness (QED) is 0.197. The lowest BCUT2D eigenvalue weighted by molar-refractivity contribution is -0.137. The van der Waals surface area contributed by atoms with Crippen molar-refractivity contribution in [2.75, 3.05) is 5.32 Å². The summed E-state index contributed by atoms with van der Waals surface area (Å²) in [6, 6.07) is 20.3. The molecule has 0 bridgehead atoms. The number of benzene rings is 3. The molecule has 2 heterocycles. The molecule has 194 valence electrons. The van der Waals surface area contributed by atoms with Crippen LogP contribution in [0.1, 0.15) is 5.56 Å². The smallest absolute Gasteiger partial charge is 0.340 e. The highest BCUT2D eigenvalue weighted by Crippen LogP contribution is 2.31. The third-order valence-electron chi connectivity index (χ3n) is 5.18. The van der Waals surface area contributed by atoms with Gasteiger partial charge >= 0.3 is 6.18 Å². The molecule has 2 aromatic heterocycles. The number of anilines is 2. The van der Waals surface area contributed by atoms with Gasteiger partial charge in [0.1, 0.15) is 17.7 Å². The van der Waals surface area contributed by atoms with Gasteiger partial charge in [0.05, 0.1) is 16.2 Å². The number of nitrogens with zero attached hydrogens (tertiary/aromatic N) is 3. The summed E-state index contributed by atoms with van der Waals surface area (Å²) in [7, 11) is -4.00. The summed E-state index contributed by atoms with van der Waals surface area (Å²) >= 11 is 0. The van der Waals surface area contributed by atoms with Gasteiger partial charge in [-0.05, 0) is 48.5 Å². The second-order valence-electron chi connectivity index (χ2n) is 7.78. The highest BCUT2D eigenvalue weighted by Gasteiger charge is 2.29. The largest absolute Gasteiger partial charge is 0.416 e. The molecule has 0 unspecified atom stereocenters. The lowest BCUT2D eigenvalue weighted by Gasteiger charge is -2.10. The van der Waals surface area contributed by atoms with Crippen LogP contribution in [0.15, 0.2) is 102 Å². The van der Waals surface area contributed by atoms with Gasteiger partial charge in [-0.2, -0.15) is 21.6 Å². The van der Waals surface area contributed by atoms with E-state index in [2.05, 4.69) is 20.3 Å². The molecule has 0 saturated heterocycles. The van der Waals surface area contributed by atoms with Crippen LogP contribution in [0, 0.1) is 5.82 Å². The fourth-order valence-corrected chi connectivity index (χ4v) is 3.86. The maximum Gasteiger partial charge on any atom is 0.416 e. The summed E-state index contributed by atoms with van der Waals surface area (Å²) in [6.07, 6.45) is -1.64. The number of rotatable bonds is 4. The molecule has 0 aliphatic heterocycles. The van der Waals surface area contributed by atoms with Crippen molar-refractivity contribution in [3.05, 3.63) is 109 Å². The van der Waals surface area contributed by atoms with E-state index in [9.17, 15) is 26.0 Å². The topological polar surface area (TPSA) is 105 Å². The van der Waals surface area contributed by atoms with Crippen LogP contribution in [0.2, 0.25) is 0 Å². The van der Waals surface area contributed by atoms with Crippen LogP contribution in [0.4, 0.5) is 29.1 Å². The molecule has 0 radical (unpaired) electrons. The number of fused-ring (bicyclic) bond motifs is 1. The molecular weight excluding hydrogens is 524 g/mol.